The first-order valence-electron chi connectivity index (χ1n) is 6.54. The van der Waals surface area contributed by atoms with Crippen molar-refractivity contribution in [1.82, 2.24) is 14.6 Å². The third kappa shape index (κ3) is 2.31. The van der Waals surface area contributed by atoms with Crippen molar-refractivity contribution in [2.75, 3.05) is 6.61 Å². The minimum Gasteiger partial charge on any atom is -0.462 e. The summed E-state index contributed by atoms with van der Waals surface area (Å²) in [5.41, 5.74) is 1.57. The van der Waals surface area contributed by atoms with Gasteiger partial charge >= 0.3 is 5.97 Å². The molecule has 6 nitrogen and oxygen atoms in total. The van der Waals surface area contributed by atoms with Gasteiger partial charge in [0.25, 0.3) is 5.56 Å². The third-order valence-corrected chi connectivity index (χ3v) is 3.07. The predicted octanol–water partition coefficient (Wildman–Crippen LogP) is 1.87. The normalized spacial score (nSPS) is 10.7. The lowest BCUT2D eigenvalue weighted by Gasteiger charge is -2.00. The van der Waals surface area contributed by atoms with Crippen LogP contribution >= 0.6 is 0 Å². The zero-order valence-electron chi connectivity index (χ0n) is 11.4. The van der Waals surface area contributed by atoms with Crippen LogP contribution in [0.1, 0.15) is 17.3 Å². The summed E-state index contributed by atoms with van der Waals surface area (Å²) in [7, 11) is 0. The fourth-order valence-corrected chi connectivity index (χ4v) is 2.07. The molecule has 0 radical (unpaired) electrons. The molecule has 0 aliphatic carbocycles. The standard InChI is InChI=1S/C15H13N3O3/c1-2-21-15(20)11-9-16-13-8-12(17-18(13)14(11)19)10-6-4-3-5-7-10/h3-9,17H,2H2,1H3. The molecule has 0 spiro atoms. The SMILES string of the molecule is CCOC(=O)c1cnc2cc(-c3ccccc3)[nH]n2c1=O. The largest absolute Gasteiger partial charge is 0.462 e. The zero-order valence-corrected chi connectivity index (χ0v) is 11.4. The molecule has 0 saturated heterocycles. The Labute approximate surface area is 120 Å². The molecule has 21 heavy (non-hydrogen) atoms. The number of aromatic nitrogens is 3. The van der Waals surface area contributed by atoms with Gasteiger partial charge in [-0.25, -0.2) is 14.3 Å². The average molecular weight is 283 g/mol. The number of nitrogens with one attached hydrogen (secondary N) is 1. The van der Waals surface area contributed by atoms with Crippen LogP contribution < -0.4 is 5.56 Å². The van der Waals surface area contributed by atoms with Gasteiger partial charge in [-0.05, 0) is 12.5 Å². The number of aromatic amines is 1. The molecule has 0 amide bonds. The minimum atomic E-state index is -0.666. The lowest BCUT2D eigenvalue weighted by atomic mass is 10.2. The van der Waals surface area contributed by atoms with Crippen molar-refractivity contribution in [3.8, 4) is 11.3 Å². The van der Waals surface area contributed by atoms with Crippen molar-refractivity contribution in [3.63, 3.8) is 0 Å². The Morgan fingerprint density at radius 3 is 2.81 bits per heavy atom. The molecule has 3 aromatic rings. The maximum absolute atomic E-state index is 12.3. The van der Waals surface area contributed by atoms with Crippen LogP contribution in [0, 0.1) is 0 Å². The second-order valence-electron chi connectivity index (χ2n) is 4.43. The highest BCUT2D eigenvalue weighted by Gasteiger charge is 2.15. The van der Waals surface area contributed by atoms with Crippen molar-refractivity contribution in [3.05, 3.63) is 58.5 Å². The predicted molar refractivity (Wildman–Crippen MR) is 77.2 cm³/mol. The van der Waals surface area contributed by atoms with Crippen LogP contribution in [0.25, 0.3) is 16.9 Å². The second-order valence-corrected chi connectivity index (χ2v) is 4.43. The van der Waals surface area contributed by atoms with Crippen LogP contribution in [0.15, 0.2) is 47.4 Å². The smallest absolute Gasteiger partial charge is 0.345 e. The Bertz CT molecular complexity index is 849. The Kier molecular flexibility index (Phi) is 3.27. The Morgan fingerprint density at radius 1 is 1.33 bits per heavy atom. The van der Waals surface area contributed by atoms with Gasteiger partial charge in [-0.15, -0.1) is 0 Å². The topological polar surface area (TPSA) is 76.5 Å². The molecule has 3 rings (SSSR count). The average Bonchev–Trinajstić information content (AvgIpc) is 2.94. The summed E-state index contributed by atoms with van der Waals surface area (Å²) < 4.78 is 6.09. The van der Waals surface area contributed by atoms with Gasteiger partial charge in [-0.2, -0.15) is 0 Å². The molecule has 0 aliphatic rings. The van der Waals surface area contributed by atoms with Gasteiger partial charge in [-0.1, -0.05) is 30.3 Å². The maximum Gasteiger partial charge on any atom is 0.345 e. The number of hydrogen-bond acceptors (Lipinski definition) is 4. The molecule has 1 N–H and O–H groups in total. The van der Waals surface area contributed by atoms with E-state index in [0.29, 0.717) is 5.65 Å². The van der Waals surface area contributed by atoms with E-state index in [0.717, 1.165) is 11.3 Å². The Morgan fingerprint density at radius 2 is 2.10 bits per heavy atom. The van der Waals surface area contributed by atoms with Crippen LogP contribution in [-0.4, -0.2) is 27.2 Å². The van der Waals surface area contributed by atoms with Crippen LogP contribution in [0.5, 0.6) is 0 Å². The van der Waals surface area contributed by atoms with Gasteiger partial charge in [0.2, 0.25) is 0 Å². The summed E-state index contributed by atoms with van der Waals surface area (Å²) >= 11 is 0. The van der Waals surface area contributed by atoms with Gasteiger partial charge < -0.3 is 4.74 Å². The molecule has 0 fully saturated rings. The summed E-state index contributed by atoms with van der Waals surface area (Å²) in [5, 5.41) is 2.95. The number of fused-ring (bicyclic) bond motifs is 1. The molecule has 6 heteroatoms. The fourth-order valence-electron chi connectivity index (χ4n) is 2.07. The zero-order chi connectivity index (χ0) is 14.8. The molecule has 2 heterocycles. The monoisotopic (exact) mass is 283 g/mol. The third-order valence-electron chi connectivity index (χ3n) is 3.07. The number of carbonyl (C=O) groups is 1. The van der Waals surface area contributed by atoms with Crippen molar-refractivity contribution >= 4 is 11.6 Å². The first-order chi connectivity index (χ1) is 10.2. The number of rotatable bonds is 3. The van der Waals surface area contributed by atoms with Gasteiger partial charge in [0.05, 0.1) is 12.3 Å². The second kappa shape index (κ2) is 5.24. The molecule has 0 unspecified atom stereocenters. The van der Waals surface area contributed by atoms with E-state index in [4.69, 9.17) is 4.74 Å². The number of ether oxygens (including phenoxy) is 1. The van der Waals surface area contributed by atoms with E-state index in [1.807, 2.05) is 30.3 Å². The van der Waals surface area contributed by atoms with Gasteiger partial charge in [0.1, 0.15) is 5.56 Å². The molecule has 0 saturated carbocycles. The number of esters is 1. The van der Waals surface area contributed by atoms with Crippen LogP contribution in [0.2, 0.25) is 0 Å². The van der Waals surface area contributed by atoms with E-state index in [2.05, 4.69) is 10.1 Å². The lowest BCUT2D eigenvalue weighted by molar-refractivity contribution is 0.0523. The van der Waals surface area contributed by atoms with Crippen LogP contribution in [-0.2, 0) is 4.74 Å². The Balaban J connectivity index is 2.13. The van der Waals surface area contributed by atoms with Crippen LogP contribution in [0.4, 0.5) is 0 Å². The van der Waals surface area contributed by atoms with Crippen molar-refractivity contribution in [2.45, 2.75) is 6.92 Å². The van der Waals surface area contributed by atoms with Crippen LogP contribution in [0.3, 0.4) is 0 Å². The van der Waals surface area contributed by atoms with Crippen molar-refractivity contribution < 1.29 is 9.53 Å². The van der Waals surface area contributed by atoms with Crippen molar-refractivity contribution in [2.24, 2.45) is 0 Å². The molecule has 2 aromatic heterocycles. The first kappa shape index (κ1) is 13.1. The van der Waals surface area contributed by atoms with E-state index in [9.17, 15) is 9.59 Å². The molecule has 106 valence electrons. The number of benzene rings is 1. The maximum atomic E-state index is 12.3. The summed E-state index contributed by atoms with van der Waals surface area (Å²) in [6.45, 7) is 1.89. The van der Waals surface area contributed by atoms with E-state index in [1.165, 1.54) is 10.7 Å². The number of hydrogen-bond donors (Lipinski definition) is 1. The molecule has 1 aromatic carbocycles. The van der Waals surface area contributed by atoms with E-state index in [-0.39, 0.29) is 12.2 Å². The molecular formula is C15H13N3O3. The van der Waals surface area contributed by atoms with E-state index in [1.54, 1.807) is 13.0 Å². The molecule has 0 aliphatic heterocycles. The van der Waals surface area contributed by atoms with E-state index >= 15 is 0 Å². The first-order valence-corrected chi connectivity index (χ1v) is 6.54. The quantitative estimate of drug-likeness (QED) is 0.744. The Hall–Kier alpha value is -2.89. The highest BCUT2D eigenvalue weighted by Crippen LogP contribution is 2.17. The van der Waals surface area contributed by atoms with Gasteiger partial charge in [0.15, 0.2) is 5.65 Å². The minimum absolute atomic E-state index is 0.0872. The molecule has 0 atom stereocenters. The number of H-pyrrole nitrogens is 1. The van der Waals surface area contributed by atoms with Crippen molar-refractivity contribution in [1.29, 1.82) is 0 Å². The van der Waals surface area contributed by atoms with Gasteiger partial charge in [0, 0.05) is 12.3 Å². The van der Waals surface area contributed by atoms with E-state index < -0.39 is 11.5 Å². The lowest BCUT2D eigenvalue weighted by Crippen LogP contribution is -2.24. The summed E-state index contributed by atoms with van der Waals surface area (Å²) in [6, 6.07) is 11.3. The molecular weight excluding hydrogens is 270 g/mol. The summed E-state index contributed by atoms with van der Waals surface area (Å²) in [5.74, 6) is -0.666. The summed E-state index contributed by atoms with van der Waals surface area (Å²) in [6.07, 6.45) is 1.25. The highest BCUT2D eigenvalue weighted by molar-refractivity contribution is 5.88. The fraction of sp³-hybridized carbons (Fsp3) is 0.133. The number of nitrogens with zero attached hydrogens (tertiary/aromatic N) is 2. The molecule has 0 bridgehead atoms. The number of carbonyl (C=O) groups excluding carboxylic acids is 1. The summed E-state index contributed by atoms with van der Waals surface area (Å²) in [4.78, 5) is 28.1. The van der Waals surface area contributed by atoms with Gasteiger partial charge in [-0.3, -0.25) is 9.89 Å². The highest BCUT2D eigenvalue weighted by atomic mass is 16.5.